The van der Waals surface area contributed by atoms with Gasteiger partial charge in [-0.25, -0.2) is 15.0 Å². The lowest BCUT2D eigenvalue weighted by molar-refractivity contribution is -0.137. The number of amides is 1. The third-order valence-electron chi connectivity index (χ3n) is 5.55. The maximum atomic E-state index is 13.5. The van der Waals surface area contributed by atoms with Crippen molar-refractivity contribution in [1.29, 1.82) is 0 Å². The van der Waals surface area contributed by atoms with E-state index in [0.717, 1.165) is 17.8 Å². The van der Waals surface area contributed by atoms with Crippen molar-refractivity contribution in [2.75, 3.05) is 6.54 Å². The minimum absolute atomic E-state index is 0.0877. The molecular weight excluding hydrogens is 435 g/mol. The predicted octanol–water partition coefficient (Wildman–Crippen LogP) is 4.33. The summed E-state index contributed by atoms with van der Waals surface area (Å²) in [4.78, 5) is 31.9. The van der Waals surface area contributed by atoms with Gasteiger partial charge in [0, 0.05) is 37.4 Å². The lowest BCUT2D eigenvalue weighted by atomic mass is 9.98. The van der Waals surface area contributed by atoms with Crippen LogP contribution in [-0.2, 0) is 6.18 Å². The first kappa shape index (κ1) is 22.6. The first-order chi connectivity index (χ1) is 15.7. The zero-order chi connectivity index (χ0) is 23.6. The number of aryl methyl sites for hydroxylation is 1. The van der Waals surface area contributed by atoms with Crippen molar-refractivity contribution in [2.45, 2.75) is 45.0 Å². The number of carbonyl (C=O) groups is 1. The molecule has 33 heavy (non-hydrogen) atoms. The van der Waals surface area contributed by atoms with Gasteiger partial charge in [-0.05, 0) is 50.5 Å². The third kappa shape index (κ3) is 4.94. The van der Waals surface area contributed by atoms with E-state index in [0.29, 0.717) is 36.5 Å². The fraction of sp³-hybridized carbons (Fsp3) is 0.348. The van der Waals surface area contributed by atoms with Crippen molar-refractivity contribution in [2.24, 2.45) is 0 Å². The molecule has 0 bridgehead atoms. The summed E-state index contributed by atoms with van der Waals surface area (Å²) in [5, 5.41) is 0. The number of pyridine rings is 2. The molecule has 1 amide bonds. The van der Waals surface area contributed by atoms with E-state index in [1.807, 2.05) is 13.8 Å². The van der Waals surface area contributed by atoms with Crippen molar-refractivity contribution < 1.29 is 22.7 Å². The molecule has 2 unspecified atom stereocenters. The van der Waals surface area contributed by atoms with Crippen molar-refractivity contribution in [3.05, 3.63) is 65.7 Å². The van der Waals surface area contributed by atoms with Gasteiger partial charge in [-0.3, -0.25) is 9.78 Å². The molecule has 2 atom stereocenters. The van der Waals surface area contributed by atoms with E-state index < -0.39 is 17.8 Å². The van der Waals surface area contributed by atoms with Crippen molar-refractivity contribution in [3.8, 4) is 17.4 Å². The third-order valence-corrected chi connectivity index (χ3v) is 5.55. The number of likely N-dealkylation sites (tertiary alicyclic amines) is 1. The number of piperidine rings is 1. The first-order valence-electron chi connectivity index (χ1n) is 10.5. The molecule has 4 heterocycles. The van der Waals surface area contributed by atoms with Gasteiger partial charge < -0.3 is 9.64 Å². The molecule has 0 N–H and O–H groups in total. The van der Waals surface area contributed by atoms with Gasteiger partial charge in [-0.1, -0.05) is 0 Å². The quantitative estimate of drug-likeness (QED) is 0.580. The summed E-state index contributed by atoms with van der Waals surface area (Å²) < 4.78 is 44.2. The van der Waals surface area contributed by atoms with Crippen LogP contribution in [0.25, 0.3) is 11.5 Å². The molecule has 0 saturated carbocycles. The fourth-order valence-electron chi connectivity index (χ4n) is 3.81. The number of alkyl halides is 3. The van der Waals surface area contributed by atoms with E-state index >= 15 is 0 Å². The molecule has 1 aliphatic heterocycles. The molecule has 3 aromatic heterocycles. The van der Waals surface area contributed by atoms with E-state index in [9.17, 15) is 18.0 Å². The van der Waals surface area contributed by atoms with Crippen LogP contribution >= 0.6 is 0 Å². The molecule has 0 aromatic carbocycles. The van der Waals surface area contributed by atoms with Gasteiger partial charge in [0.25, 0.3) is 5.91 Å². The molecule has 7 nitrogen and oxygen atoms in total. The number of rotatable bonds is 4. The molecule has 1 aliphatic rings. The Morgan fingerprint density at radius 3 is 2.55 bits per heavy atom. The van der Waals surface area contributed by atoms with E-state index in [4.69, 9.17) is 4.74 Å². The number of ether oxygens (including phenoxy) is 1. The number of halogens is 3. The Morgan fingerprint density at radius 2 is 1.88 bits per heavy atom. The van der Waals surface area contributed by atoms with Gasteiger partial charge in [-0.2, -0.15) is 13.2 Å². The first-order valence-corrected chi connectivity index (χ1v) is 10.5. The Labute approximate surface area is 188 Å². The summed E-state index contributed by atoms with van der Waals surface area (Å²) in [5.41, 5.74) is 0.766. The smallest absolute Gasteiger partial charge is 0.417 e. The Bertz CT molecular complexity index is 1120. The normalized spacial score (nSPS) is 18.8. The van der Waals surface area contributed by atoms with E-state index in [1.54, 1.807) is 35.6 Å². The van der Waals surface area contributed by atoms with Crippen LogP contribution in [0.2, 0.25) is 0 Å². The van der Waals surface area contributed by atoms with Crippen LogP contribution in [0.4, 0.5) is 13.2 Å². The van der Waals surface area contributed by atoms with Gasteiger partial charge in [0.2, 0.25) is 5.88 Å². The van der Waals surface area contributed by atoms with Gasteiger partial charge in [0.05, 0.1) is 17.2 Å². The maximum absolute atomic E-state index is 13.5. The van der Waals surface area contributed by atoms with E-state index in [1.165, 1.54) is 6.07 Å². The molecule has 0 spiro atoms. The van der Waals surface area contributed by atoms with Crippen molar-refractivity contribution in [1.82, 2.24) is 24.8 Å². The highest BCUT2D eigenvalue weighted by molar-refractivity contribution is 5.99. The van der Waals surface area contributed by atoms with Crippen LogP contribution in [0.1, 0.15) is 41.3 Å². The SMILES string of the molecule is Cc1cnc(-c2ncccn2)c(C(=O)N2CCCC(Oc3ccc(C(F)(F)F)cn3)C2C)c1. The zero-order valence-electron chi connectivity index (χ0n) is 18.1. The summed E-state index contributed by atoms with van der Waals surface area (Å²) >= 11 is 0. The highest BCUT2D eigenvalue weighted by Gasteiger charge is 2.35. The van der Waals surface area contributed by atoms with Crippen LogP contribution < -0.4 is 4.74 Å². The van der Waals surface area contributed by atoms with Crippen LogP contribution in [0, 0.1) is 6.92 Å². The van der Waals surface area contributed by atoms with E-state index in [-0.39, 0.29) is 17.8 Å². The molecule has 3 aromatic rings. The fourth-order valence-corrected chi connectivity index (χ4v) is 3.81. The lowest BCUT2D eigenvalue weighted by Gasteiger charge is -2.39. The van der Waals surface area contributed by atoms with Crippen LogP contribution in [0.15, 0.2) is 49.1 Å². The number of hydrogen-bond acceptors (Lipinski definition) is 6. The second-order valence-corrected chi connectivity index (χ2v) is 7.90. The average molecular weight is 457 g/mol. The summed E-state index contributed by atoms with van der Waals surface area (Å²) in [5.74, 6) is 0.215. The molecule has 1 saturated heterocycles. The number of aromatic nitrogens is 4. The van der Waals surface area contributed by atoms with Crippen LogP contribution in [0.3, 0.4) is 0 Å². The Morgan fingerprint density at radius 1 is 1.12 bits per heavy atom. The monoisotopic (exact) mass is 457 g/mol. The minimum Gasteiger partial charge on any atom is -0.472 e. The molecule has 4 rings (SSSR count). The number of nitrogens with zero attached hydrogens (tertiary/aromatic N) is 5. The van der Waals surface area contributed by atoms with Gasteiger partial charge in [0.1, 0.15) is 11.8 Å². The number of hydrogen-bond donors (Lipinski definition) is 0. The van der Waals surface area contributed by atoms with Gasteiger partial charge in [0.15, 0.2) is 5.82 Å². The van der Waals surface area contributed by atoms with Gasteiger partial charge in [-0.15, -0.1) is 0 Å². The summed E-state index contributed by atoms with van der Waals surface area (Å²) in [6.07, 6.45) is 2.02. The topological polar surface area (TPSA) is 81.1 Å². The summed E-state index contributed by atoms with van der Waals surface area (Å²) in [6.45, 7) is 4.22. The Hall–Kier alpha value is -3.56. The summed E-state index contributed by atoms with van der Waals surface area (Å²) in [7, 11) is 0. The summed E-state index contributed by atoms with van der Waals surface area (Å²) in [6, 6.07) is 5.24. The van der Waals surface area contributed by atoms with Crippen molar-refractivity contribution in [3.63, 3.8) is 0 Å². The van der Waals surface area contributed by atoms with Crippen molar-refractivity contribution >= 4 is 5.91 Å². The Balaban J connectivity index is 1.56. The van der Waals surface area contributed by atoms with E-state index in [2.05, 4.69) is 19.9 Å². The molecule has 1 fully saturated rings. The average Bonchev–Trinajstić information content (AvgIpc) is 2.80. The highest BCUT2D eigenvalue weighted by atomic mass is 19.4. The van der Waals surface area contributed by atoms with Gasteiger partial charge >= 0.3 is 6.18 Å². The number of carbonyl (C=O) groups excluding carboxylic acids is 1. The van der Waals surface area contributed by atoms with Crippen LogP contribution in [-0.4, -0.2) is 49.4 Å². The highest BCUT2D eigenvalue weighted by Crippen LogP contribution is 2.30. The second kappa shape index (κ2) is 9.13. The lowest BCUT2D eigenvalue weighted by Crippen LogP contribution is -2.51. The Kier molecular flexibility index (Phi) is 6.26. The molecule has 0 aliphatic carbocycles. The molecule has 10 heteroatoms. The molecule has 0 radical (unpaired) electrons. The largest absolute Gasteiger partial charge is 0.472 e. The minimum atomic E-state index is -4.46. The maximum Gasteiger partial charge on any atom is 0.417 e. The second-order valence-electron chi connectivity index (χ2n) is 7.90. The zero-order valence-corrected chi connectivity index (χ0v) is 18.1. The molecule has 172 valence electrons. The standard InChI is InChI=1S/C23H22F3N5O2/c1-14-11-17(20(30-12-14)21-27-8-4-9-28-21)22(32)31-10-3-5-18(15(31)2)33-19-7-6-16(13-29-19)23(24,25)26/h4,6-9,11-13,15,18H,3,5,10H2,1-2H3. The molecular formula is C23H22F3N5O2. The van der Waals surface area contributed by atoms with Crippen LogP contribution in [0.5, 0.6) is 5.88 Å². The predicted molar refractivity (Wildman–Crippen MR) is 113 cm³/mol.